The third-order valence-electron chi connectivity index (χ3n) is 4.89. The van der Waals surface area contributed by atoms with E-state index in [1.807, 2.05) is 0 Å². The van der Waals surface area contributed by atoms with Crippen LogP contribution in [0.25, 0.3) is 0 Å². The average molecular weight is 286 g/mol. The third kappa shape index (κ3) is 4.69. The van der Waals surface area contributed by atoms with Crippen LogP contribution in [-0.4, -0.2) is 5.78 Å². The van der Waals surface area contributed by atoms with Crippen molar-refractivity contribution in [3.63, 3.8) is 0 Å². The molecule has 1 aliphatic carbocycles. The zero-order valence-electron chi connectivity index (χ0n) is 13.7. The lowest BCUT2D eigenvalue weighted by Crippen LogP contribution is -2.23. The second-order valence-electron chi connectivity index (χ2n) is 6.65. The van der Waals surface area contributed by atoms with E-state index < -0.39 is 0 Å². The first-order valence-electron chi connectivity index (χ1n) is 8.86. The van der Waals surface area contributed by atoms with Crippen LogP contribution in [0, 0.1) is 5.92 Å². The zero-order chi connectivity index (χ0) is 15.1. The standard InChI is InChI=1S/C20H30O/c1-3-5-6-8-16-9-12-18(13-10-16)19-14-11-17(7-4-2)15-20(19)21/h9-10,12-13,17,19H,3-8,11,14-15H2,1-2H3. The van der Waals surface area contributed by atoms with Crippen LogP contribution < -0.4 is 0 Å². The summed E-state index contributed by atoms with van der Waals surface area (Å²) >= 11 is 0. The van der Waals surface area contributed by atoms with Gasteiger partial charge in [-0.2, -0.15) is 0 Å². The van der Waals surface area contributed by atoms with Gasteiger partial charge >= 0.3 is 0 Å². The maximum Gasteiger partial charge on any atom is 0.140 e. The lowest BCUT2D eigenvalue weighted by atomic mass is 9.76. The molecular formula is C20H30O. The molecule has 0 radical (unpaired) electrons. The van der Waals surface area contributed by atoms with E-state index in [1.165, 1.54) is 56.1 Å². The summed E-state index contributed by atoms with van der Waals surface area (Å²) in [5.41, 5.74) is 2.66. The number of carbonyl (C=O) groups is 1. The number of carbonyl (C=O) groups excluding carboxylic acids is 1. The van der Waals surface area contributed by atoms with Gasteiger partial charge in [0, 0.05) is 12.3 Å². The van der Waals surface area contributed by atoms with Crippen LogP contribution in [0.5, 0.6) is 0 Å². The highest BCUT2D eigenvalue weighted by atomic mass is 16.1. The molecule has 116 valence electrons. The minimum absolute atomic E-state index is 0.169. The summed E-state index contributed by atoms with van der Waals surface area (Å²) in [6, 6.07) is 8.86. The first-order chi connectivity index (χ1) is 10.2. The number of unbranched alkanes of at least 4 members (excludes halogenated alkanes) is 2. The van der Waals surface area contributed by atoms with Crippen molar-refractivity contribution in [2.45, 2.75) is 77.6 Å². The molecule has 0 saturated heterocycles. The molecular weight excluding hydrogens is 256 g/mol. The van der Waals surface area contributed by atoms with Crippen molar-refractivity contribution < 1.29 is 4.79 Å². The predicted octanol–water partition coefficient (Wildman–Crippen LogP) is 5.67. The number of hydrogen-bond acceptors (Lipinski definition) is 1. The highest BCUT2D eigenvalue weighted by molar-refractivity contribution is 5.86. The summed E-state index contributed by atoms with van der Waals surface area (Å²) in [7, 11) is 0. The summed E-state index contributed by atoms with van der Waals surface area (Å²) in [6.07, 6.45) is 10.5. The summed E-state index contributed by atoms with van der Waals surface area (Å²) < 4.78 is 0. The zero-order valence-corrected chi connectivity index (χ0v) is 13.7. The Morgan fingerprint density at radius 2 is 1.76 bits per heavy atom. The number of hydrogen-bond donors (Lipinski definition) is 0. The number of aryl methyl sites for hydroxylation is 1. The fourth-order valence-corrected chi connectivity index (χ4v) is 3.60. The van der Waals surface area contributed by atoms with Crippen LogP contribution in [0.2, 0.25) is 0 Å². The van der Waals surface area contributed by atoms with Crippen molar-refractivity contribution in [2.75, 3.05) is 0 Å². The van der Waals surface area contributed by atoms with E-state index in [-0.39, 0.29) is 5.92 Å². The molecule has 1 aromatic carbocycles. The second kappa shape index (κ2) is 8.36. The Labute approximate surface area is 130 Å². The molecule has 0 aliphatic heterocycles. The highest BCUT2D eigenvalue weighted by Crippen LogP contribution is 2.35. The van der Waals surface area contributed by atoms with Gasteiger partial charge in [-0.15, -0.1) is 0 Å². The van der Waals surface area contributed by atoms with Crippen LogP contribution in [0.3, 0.4) is 0 Å². The van der Waals surface area contributed by atoms with E-state index in [1.54, 1.807) is 0 Å². The van der Waals surface area contributed by atoms with Gasteiger partial charge in [-0.25, -0.2) is 0 Å². The first kappa shape index (κ1) is 16.3. The summed E-state index contributed by atoms with van der Waals surface area (Å²) in [4.78, 5) is 12.4. The minimum Gasteiger partial charge on any atom is -0.299 e. The van der Waals surface area contributed by atoms with Gasteiger partial charge < -0.3 is 0 Å². The number of Topliss-reactive ketones (excluding diaryl/α,β-unsaturated/α-hetero) is 1. The smallest absolute Gasteiger partial charge is 0.140 e. The molecule has 0 N–H and O–H groups in total. The molecule has 1 aromatic rings. The maximum atomic E-state index is 12.4. The van der Waals surface area contributed by atoms with Crippen molar-refractivity contribution in [2.24, 2.45) is 5.92 Å². The molecule has 1 heteroatoms. The van der Waals surface area contributed by atoms with E-state index in [4.69, 9.17) is 0 Å². The van der Waals surface area contributed by atoms with Gasteiger partial charge in [0.2, 0.25) is 0 Å². The lowest BCUT2D eigenvalue weighted by molar-refractivity contribution is -0.123. The monoisotopic (exact) mass is 286 g/mol. The fourth-order valence-electron chi connectivity index (χ4n) is 3.60. The first-order valence-corrected chi connectivity index (χ1v) is 8.86. The van der Waals surface area contributed by atoms with Crippen molar-refractivity contribution in [3.05, 3.63) is 35.4 Å². The van der Waals surface area contributed by atoms with E-state index in [0.29, 0.717) is 11.7 Å². The molecule has 0 amide bonds. The second-order valence-corrected chi connectivity index (χ2v) is 6.65. The van der Waals surface area contributed by atoms with Gasteiger partial charge in [0.05, 0.1) is 0 Å². The van der Waals surface area contributed by atoms with Crippen LogP contribution in [-0.2, 0) is 11.2 Å². The van der Waals surface area contributed by atoms with Gasteiger partial charge in [0.25, 0.3) is 0 Å². The molecule has 1 saturated carbocycles. The molecule has 1 nitrogen and oxygen atoms in total. The molecule has 1 fully saturated rings. The Balaban J connectivity index is 1.91. The molecule has 21 heavy (non-hydrogen) atoms. The van der Waals surface area contributed by atoms with E-state index in [0.717, 1.165) is 12.8 Å². The maximum absolute atomic E-state index is 12.4. The molecule has 2 atom stereocenters. The Morgan fingerprint density at radius 1 is 1.00 bits per heavy atom. The molecule has 0 aromatic heterocycles. The normalized spacial score (nSPS) is 22.5. The Bertz CT molecular complexity index is 432. The summed E-state index contributed by atoms with van der Waals surface area (Å²) in [5, 5.41) is 0. The molecule has 0 bridgehead atoms. The van der Waals surface area contributed by atoms with E-state index in [2.05, 4.69) is 38.1 Å². The highest BCUT2D eigenvalue weighted by Gasteiger charge is 2.28. The molecule has 0 heterocycles. The SMILES string of the molecule is CCCCCc1ccc(C2CCC(CCC)CC2=O)cc1. The van der Waals surface area contributed by atoms with Crippen LogP contribution in [0.4, 0.5) is 0 Å². The molecule has 1 aliphatic rings. The topological polar surface area (TPSA) is 17.1 Å². The Morgan fingerprint density at radius 3 is 2.38 bits per heavy atom. The third-order valence-corrected chi connectivity index (χ3v) is 4.89. The van der Waals surface area contributed by atoms with Gasteiger partial charge in [-0.05, 0) is 42.7 Å². The van der Waals surface area contributed by atoms with Gasteiger partial charge in [-0.3, -0.25) is 4.79 Å². The van der Waals surface area contributed by atoms with Gasteiger partial charge in [-0.1, -0.05) is 63.8 Å². The van der Waals surface area contributed by atoms with Crippen molar-refractivity contribution in [3.8, 4) is 0 Å². The molecule has 2 rings (SSSR count). The largest absolute Gasteiger partial charge is 0.299 e. The van der Waals surface area contributed by atoms with Crippen molar-refractivity contribution in [1.29, 1.82) is 0 Å². The number of ketones is 1. The summed E-state index contributed by atoms with van der Waals surface area (Å²) in [5.74, 6) is 1.29. The number of benzene rings is 1. The van der Waals surface area contributed by atoms with Crippen LogP contribution in [0.15, 0.2) is 24.3 Å². The fraction of sp³-hybridized carbons (Fsp3) is 0.650. The average Bonchev–Trinajstić information content (AvgIpc) is 2.49. The molecule has 2 unspecified atom stereocenters. The van der Waals surface area contributed by atoms with Crippen molar-refractivity contribution in [1.82, 2.24) is 0 Å². The minimum atomic E-state index is 0.169. The quantitative estimate of drug-likeness (QED) is 0.590. The van der Waals surface area contributed by atoms with Crippen molar-refractivity contribution >= 4 is 5.78 Å². The lowest BCUT2D eigenvalue weighted by Gasteiger charge is -2.27. The predicted molar refractivity (Wildman–Crippen MR) is 89.7 cm³/mol. The van der Waals surface area contributed by atoms with Gasteiger partial charge in [0.1, 0.15) is 5.78 Å². The summed E-state index contributed by atoms with van der Waals surface area (Å²) in [6.45, 7) is 4.46. The van der Waals surface area contributed by atoms with Gasteiger partial charge in [0.15, 0.2) is 0 Å². The van der Waals surface area contributed by atoms with Crippen LogP contribution in [0.1, 0.15) is 82.3 Å². The van der Waals surface area contributed by atoms with Crippen LogP contribution >= 0.6 is 0 Å². The Hall–Kier alpha value is -1.11. The Kier molecular flexibility index (Phi) is 6.48. The molecule has 0 spiro atoms. The number of rotatable bonds is 7. The van der Waals surface area contributed by atoms with E-state index in [9.17, 15) is 4.79 Å². The van der Waals surface area contributed by atoms with E-state index >= 15 is 0 Å².